The van der Waals surface area contributed by atoms with Gasteiger partial charge in [-0.3, -0.25) is 9.69 Å². The van der Waals surface area contributed by atoms with Crippen LogP contribution in [0, 0.1) is 5.82 Å². The number of nitrogens with zero attached hydrogens (tertiary/aromatic N) is 2. The minimum atomic E-state index is -0.346. The lowest BCUT2D eigenvalue weighted by Gasteiger charge is -2.34. The molecule has 6 heteroatoms. The molecule has 0 atom stereocenters. The largest absolute Gasteiger partial charge is 0.489 e. The maximum Gasteiger partial charge on any atom is 0.253 e. The molecular formula is C19H20ClFN2O2. The Morgan fingerprint density at radius 2 is 1.72 bits per heavy atom. The highest BCUT2D eigenvalue weighted by Crippen LogP contribution is 2.16. The lowest BCUT2D eigenvalue weighted by atomic mass is 10.2. The highest BCUT2D eigenvalue weighted by molar-refractivity contribution is 6.30. The van der Waals surface area contributed by atoms with Crippen molar-refractivity contribution in [1.82, 2.24) is 9.80 Å². The summed E-state index contributed by atoms with van der Waals surface area (Å²) in [7, 11) is 0. The van der Waals surface area contributed by atoms with E-state index in [1.54, 1.807) is 42.5 Å². The van der Waals surface area contributed by atoms with Crippen molar-refractivity contribution in [1.29, 1.82) is 0 Å². The Hall–Kier alpha value is -2.11. The normalized spacial score (nSPS) is 15.2. The Bertz CT molecular complexity index is 716. The Labute approximate surface area is 151 Å². The molecule has 1 fully saturated rings. The maximum absolute atomic E-state index is 13.5. The van der Waals surface area contributed by atoms with Gasteiger partial charge < -0.3 is 9.64 Å². The number of amides is 1. The molecule has 0 saturated carbocycles. The molecule has 1 aliphatic heterocycles. The molecular weight excluding hydrogens is 343 g/mol. The zero-order chi connectivity index (χ0) is 17.6. The van der Waals surface area contributed by atoms with Crippen LogP contribution in [0.4, 0.5) is 4.39 Å². The number of rotatable bonds is 5. The summed E-state index contributed by atoms with van der Waals surface area (Å²) in [6, 6.07) is 13.3. The van der Waals surface area contributed by atoms with E-state index in [2.05, 4.69) is 4.90 Å². The molecule has 132 valence electrons. The first-order valence-corrected chi connectivity index (χ1v) is 8.66. The van der Waals surface area contributed by atoms with Crippen molar-refractivity contribution in [2.75, 3.05) is 39.3 Å². The summed E-state index contributed by atoms with van der Waals surface area (Å²) in [5.41, 5.74) is 0.653. The molecule has 0 unspecified atom stereocenters. The average molecular weight is 363 g/mol. The molecule has 2 aromatic carbocycles. The van der Waals surface area contributed by atoms with Crippen LogP contribution in [-0.4, -0.2) is 55.0 Å². The van der Waals surface area contributed by atoms with Gasteiger partial charge in [-0.2, -0.15) is 0 Å². The van der Waals surface area contributed by atoms with E-state index >= 15 is 0 Å². The van der Waals surface area contributed by atoms with Crippen LogP contribution in [0.3, 0.4) is 0 Å². The summed E-state index contributed by atoms with van der Waals surface area (Å²) in [5, 5.41) is 0.622. The van der Waals surface area contributed by atoms with Crippen molar-refractivity contribution in [3.63, 3.8) is 0 Å². The van der Waals surface area contributed by atoms with Gasteiger partial charge in [-0.1, -0.05) is 23.7 Å². The van der Waals surface area contributed by atoms with Gasteiger partial charge in [0.1, 0.15) is 6.61 Å². The van der Waals surface area contributed by atoms with E-state index in [1.807, 2.05) is 4.90 Å². The summed E-state index contributed by atoms with van der Waals surface area (Å²) in [6.07, 6.45) is 0. The SMILES string of the molecule is O=C(c1ccc(Cl)cc1)N1CCN(CCOc2ccccc2F)CC1. The Morgan fingerprint density at radius 1 is 1.04 bits per heavy atom. The predicted molar refractivity (Wildman–Crippen MR) is 95.7 cm³/mol. The van der Waals surface area contributed by atoms with Crippen LogP contribution in [0.2, 0.25) is 5.02 Å². The molecule has 0 N–H and O–H groups in total. The first-order chi connectivity index (χ1) is 12.1. The van der Waals surface area contributed by atoms with Crippen LogP contribution < -0.4 is 4.74 Å². The molecule has 0 aromatic heterocycles. The molecule has 1 aliphatic rings. The minimum absolute atomic E-state index is 0.0268. The molecule has 0 spiro atoms. The smallest absolute Gasteiger partial charge is 0.253 e. The topological polar surface area (TPSA) is 32.8 Å². The number of halogens is 2. The zero-order valence-electron chi connectivity index (χ0n) is 13.8. The third kappa shape index (κ3) is 4.71. The lowest BCUT2D eigenvalue weighted by molar-refractivity contribution is 0.0619. The molecule has 0 bridgehead atoms. The van der Waals surface area contributed by atoms with Crippen molar-refractivity contribution in [2.24, 2.45) is 0 Å². The van der Waals surface area contributed by atoms with Crippen LogP contribution in [0.1, 0.15) is 10.4 Å². The van der Waals surface area contributed by atoms with Gasteiger partial charge in [0.2, 0.25) is 0 Å². The van der Waals surface area contributed by atoms with Gasteiger partial charge in [-0.05, 0) is 36.4 Å². The minimum Gasteiger partial charge on any atom is -0.489 e. The molecule has 25 heavy (non-hydrogen) atoms. The van der Waals surface area contributed by atoms with Crippen molar-refractivity contribution >= 4 is 17.5 Å². The van der Waals surface area contributed by atoms with Crippen molar-refractivity contribution in [2.45, 2.75) is 0 Å². The highest BCUT2D eigenvalue weighted by atomic mass is 35.5. The number of piperazine rings is 1. The van der Waals surface area contributed by atoms with Crippen LogP contribution in [0.25, 0.3) is 0 Å². The molecule has 0 aliphatic carbocycles. The second-order valence-electron chi connectivity index (χ2n) is 5.92. The standard InChI is InChI=1S/C19H20ClFN2O2/c20-16-7-5-15(6-8-16)19(24)23-11-9-22(10-12-23)13-14-25-18-4-2-1-3-17(18)21/h1-8H,9-14H2. The number of ether oxygens (including phenoxy) is 1. The van der Waals surface area contributed by atoms with E-state index in [0.717, 1.165) is 13.1 Å². The fourth-order valence-electron chi connectivity index (χ4n) is 2.80. The second kappa shape index (κ2) is 8.32. The summed E-state index contributed by atoms with van der Waals surface area (Å²) < 4.78 is 19.0. The Balaban J connectivity index is 1.43. The fourth-order valence-corrected chi connectivity index (χ4v) is 2.92. The van der Waals surface area contributed by atoms with Gasteiger partial charge >= 0.3 is 0 Å². The van der Waals surface area contributed by atoms with Gasteiger partial charge in [-0.15, -0.1) is 0 Å². The monoisotopic (exact) mass is 362 g/mol. The van der Waals surface area contributed by atoms with Crippen molar-refractivity contribution in [3.05, 3.63) is 64.9 Å². The van der Waals surface area contributed by atoms with Crippen LogP contribution in [0.15, 0.2) is 48.5 Å². The van der Waals surface area contributed by atoms with Gasteiger partial charge in [0.05, 0.1) is 0 Å². The van der Waals surface area contributed by atoms with Crippen LogP contribution in [-0.2, 0) is 0 Å². The fraction of sp³-hybridized carbons (Fsp3) is 0.316. The zero-order valence-corrected chi connectivity index (χ0v) is 14.6. The molecule has 1 saturated heterocycles. The van der Waals surface area contributed by atoms with E-state index in [9.17, 15) is 9.18 Å². The third-order valence-electron chi connectivity index (χ3n) is 4.25. The van der Waals surface area contributed by atoms with Crippen molar-refractivity contribution < 1.29 is 13.9 Å². The number of carbonyl (C=O) groups excluding carboxylic acids is 1. The lowest BCUT2D eigenvalue weighted by Crippen LogP contribution is -2.49. The summed E-state index contributed by atoms with van der Waals surface area (Å²) >= 11 is 5.86. The maximum atomic E-state index is 13.5. The first-order valence-electron chi connectivity index (χ1n) is 8.28. The Morgan fingerprint density at radius 3 is 2.40 bits per heavy atom. The molecule has 1 amide bonds. The number of hydrogen-bond acceptors (Lipinski definition) is 3. The number of benzene rings is 2. The first kappa shape index (κ1) is 17.7. The highest BCUT2D eigenvalue weighted by Gasteiger charge is 2.22. The molecule has 4 nitrogen and oxygen atoms in total. The van der Waals surface area contributed by atoms with Gasteiger partial charge in [0, 0.05) is 43.3 Å². The number of carbonyl (C=O) groups is 1. The number of para-hydroxylation sites is 1. The van der Waals surface area contributed by atoms with Crippen molar-refractivity contribution in [3.8, 4) is 5.75 Å². The van der Waals surface area contributed by atoms with E-state index in [4.69, 9.17) is 16.3 Å². The van der Waals surface area contributed by atoms with E-state index < -0.39 is 0 Å². The molecule has 0 radical (unpaired) electrons. The molecule has 3 rings (SSSR count). The number of hydrogen-bond donors (Lipinski definition) is 0. The molecule has 1 heterocycles. The molecule has 2 aromatic rings. The van der Waals surface area contributed by atoms with Gasteiger partial charge in [0.25, 0.3) is 5.91 Å². The third-order valence-corrected chi connectivity index (χ3v) is 4.50. The average Bonchev–Trinajstić information content (AvgIpc) is 2.64. The Kier molecular flexibility index (Phi) is 5.89. The van der Waals surface area contributed by atoms with Gasteiger partial charge in [0.15, 0.2) is 11.6 Å². The predicted octanol–water partition coefficient (Wildman–Crippen LogP) is 3.32. The van der Waals surface area contributed by atoms with E-state index in [0.29, 0.717) is 36.8 Å². The second-order valence-corrected chi connectivity index (χ2v) is 6.36. The van der Waals surface area contributed by atoms with Crippen LogP contribution in [0.5, 0.6) is 5.75 Å². The summed E-state index contributed by atoms with van der Waals surface area (Å²) in [5.74, 6) is -0.0427. The van der Waals surface area contributed by atoms with E-state index in [-0.39, 0.29) is 17.5 Å². The van der Waals surface area contributed by atoms with Crippen LogP contribution >= 0.6 is 11.6 Å². The van der Waals surface area contributed by atoms with E-state index in [1.165, 1.54) is 6.07 Å². The summed E-state index contributed by atoms with van der Waals surface area (Å²) in [4.78, 5) is 16.5. The quantitative estimate of drug-likeness (QED) is 0.818. The van der Waals surface area contributed by atoms with Gasteiger partial charge in [-0.25, -0.2) is 4.39 Å². The summed E-state index contributed by atoms with van der Waals surface area (Å²) in [6.45, 7) is 4.02.